The Labute approximate surface area is 202 Å². The Balaban J connectivity index is 1.86. The van der Waals surface area contributed by atoms with Crippen molar-refractivity contribution in [2.24, 2.45) is 0 Å². The van der Waals surface area contributed by atoms with Crippen LogP contribution in [0.1, 0.15) is 22.7 Å². The van der Waals surface area contributed by atoms with Gasteiger partial charge in [0.05, 0.1) is 13.2 Å². The van der Waals surface area contributed by atoms with Crippen molar-refractivity contribution in [3.8, 4) is 11.1 Å². The van der Waals surface area contributed by atoms with Crippen LogP contribution in [0.2, 0.25) is 0 Å². The molecule has 1 aliphatic rings. The van der Waals surface area contributed by atoms with Crippen LogP contribution in [0.25, 0.3) is 11.1 Å². The zero-order valence-electron chi connectivity index (χ0n) is 16.6. The van der Waals surface area contributed by atoms with Gasteiger partial charge in [0.15, 0.2) is 0 Å². The van der Waals surface area contributed by atoms with Crippen LogP contribution >= 0.6 is 38.5 Å². The van der Waals surface area contributed by atoms with Gasteiger partial charge in [0.2, 0.25) is 0 Å². The number of methoxy groups -OCH3 is 1. The highest BCUT2D eigenvalue weighted by Gasteiger charge is 2.42. The van der Waals surface area contributed by atoms with E-state index in [4.69, 9.17) is 4.74 Å². The maximum absolute atomic E-state index is 13.0. The smallest absolute Gasteiger partial charge is 0.411 e. The summed E-state index contributed by atoms with van der Waals surface area (Å²) in [5.41, 5.74) is 4.59. The van der Waals surface area contributed by atoms with Gasteiger partial charge in [-0.15, -0.1) is 0 Å². The summed E-state index contributed by atoms with van der Waals surface area (Å²) in [6, 6.07) is 19.6. The summed E-state index contributed by atoms with van der Waals surface area (Å²) in [6.45, 7) is 0. The van der Waals surface area contributed by atoms with Crippen molar-refractivity contribution in [3.05, 3.63) is 91.5 Å². The summed E-state index contributed by atoms with van der Waals surface area (Å²) in [6.07, 6.45) is -0.534. The summed E-state index contributed by atoms with van der Waals surface area (Å²) in [5, 5.41) is 10.2. The van der Waals surface area contributed by atoms with E-state index in [0.717, 1.165) is 35.9 Å². The number of hydrogen-bond donors (Lipinski definition) is 1. The van der Waals surface area contributed by atoms with Gasteiger partial charge in [-0.05, 0) is 68.6 Å². The topological polar surface area (TPSA) is 66.8 Å². The molecule has 0 bridgehead atoms. The van der Waals surface area contributed by atoms with E-state index in [1.807, 2.05) is 66.7 Å². The van der Waals surface area contributed by atoms with Crippen molar-refractivity contribution in [2.45, 2.75) is 18.5 Å². The highest BCUT2D eigenvalue weighted by atomic mass is 127. The highest BCUT2D eigenvalue weighted by molar-refractivity contribution is 14.1. The fourth-order valence-corrected chi connectivity index (χ4v) is 5.12. The van der Waals surface area contributed by atoms with E-state index in [1.54, 1.807) is 0 Å². The molecule has 0 spiro atoms. The van der Waals surface area contributed by atoms with Gasteiger partial charge in [-0.25, -0.2) is 9.59 Å². The largest absolute Gasteiger partial charge is 0.480 e. The third-order valence-electron chi connectivity index (χ3n) is 5.51. The van der Waals surface area contributed by atoms with Gasteiger partial charge in [-0.3, -0.25) is 4.90 Å². The Bertz CT molecular complexity index is 1120. The minimum Gasteiger partial charge on any atom is -0.480 e. The van der Waals surface area contributed by atoms with Crippen molar-refractivity contribution in [3.63, 3.8) is 0 Å². The second-order valence-corrected chi connectivity index (χ2v) is 9.35. The molecule has 1 N–H and O–H groups in total. The molecule has 158 valence electrons. The summed E-state index contributed by atoms with van der Waals surface area (Å²) in [5.74, 6) is -1.09. The van der Waals surface area contributed by atoms with E-state index in [2.05, 4.69) is 38.5 Å². The quantitative estimate of drug-likeness (QED) is 0.376. The van der Waals surface area contributed by atoms with Gasteiger partial charge in [-0.1, -0.05) is 64.5 Å². The van der Waals surface area contributed by atoms with E-state index >= 15 is 0 Å². The first-order valence-corrected chi connectivity index (χ1v) is 11.5. The van der Waals surface area contributed by atoms with Crippen molar-refractivity contribution >= 4 is 50.6 Å². The predicted octanol–water partition coefficient (Wildman–Crippen LogP) is 5.89. The molecule has 0 radical (unpaired) electrons. The normalized spacial score (nSPS) is 13.3. The van der Waals surface area contributed by atoms with E-state index in [0.29, 0.717) is 0 Å². The lowest BCUT2D eigenvalue weighted by molar-refractivity contribution is -0.143. The Kier molecular flexibility index (Phi) is 6.34. The monoisotopic (exact) mass is 591 g/mol. The SMILES string of the molecule is COC(=O)N(C1c2ccccc2-c2ccccc21)[C@@H](Cc1cc(I)ccc1Br)C(=O)O. The summed E-state index contributed by atoms with van der Waals surface area (Å²) in [4.78, 5) is 26.9. The highest BCUT2D eigenvalue weighted by Crippen LogP contribution is 2.47. The van der Waals surface area contributed by atoms with E-state index in [-0.39, 0.29) is 6.42 Å². The third kappa shape index (κ3) is 4.08. The average molecular weight is 592 g/mol. The number of fused-ring (bicyclic) bond motifs is 3. The van der Waals surface area contributed by atoms with Gasteiger partial charge < -0.3 is 9.84 Å². The molecular formula is C24H19BrINO4. The van der Waals surface area contributed by atoms with E-state index in [1.165, 1.54) is 12.0 Å². The van der Waals surface area contributed by atoms with Gasteiger partial charge in [-0.2, -0.15) is 0 Å². The molecule has 1 aliphatic carbocycles. The molecule has 0 saturated heterocycles. The number of aliphatic carboxylic acids is 1. The minimum absolute atomic E-state index is 0.142. The molecular weight excluding hydrogens is 573 g/mol. The number of carboxylic acids is 1. The van der Waals surface area contributed by atoms with Crippen molar-refractivity contribution in [1.29, 1.82) is 0 Å². The average Bonchev–Trinajstić information content (AvgIpc) is 3.10. The molecule has 0 fully saturated rings. The molecule has 0 saturated carbocycles. The molecule has 3 aromatic carbocycles. The number of benzene rings is 3. The lowest BCUT2D eigenvalue weighted by Gasteiger charge is -2.34. The first-order chi connectivity index (χ1) is 14.9. The van der Waals surface area contributed by atoms with Crippen LogP contribution in [-0.4, -0.2) is 35.2 Å². The first kappa shape index (κ1) is 21.8. The number of carbonyl (C=O) groups is 2. The molecule has 0 aromatic heterocycles. The molecule has 31 heavy (non-hydrogen) atoms. The van der Waals surface area contributed by atoms with Crippen LogP contribution in [0, 0.1) is 3.57 Å². The fourth-order valence-electron chi connectivity index (χ4n) is 4.16. The third-order valence-corrected chi connectivity index (χ3v) is 6.95. The van der Waals surface area contributed by atoms with Crippen molar-refractivity contribution < 1.29 is 19.4 Å². The molecule has 7 heteroatoms. The zero-order valence-corrected chi connectivity index (χ0v) is 20.3. The number of hydrogen-bond acceptors (Lipinski definition) is 3. The summed E-state index contributed by atoms with van der Waals surface area (Å²) in [7, 11) is 1.28. The van der Waals surface area contributed by atoms with Crippen LogP contribution in [0.5, 0.6) is 0 Å². The second kappa shape index (κ2) is 9.00. The summed E-state index contributed by atoms with van der Waals surface area (Å²) >= 11 is 5.70. The number of nitrogens with zero attached hydrogens (tertiary/aromatic N) is 1. The van der Waals surface area contributed by atoms with Gasteiger partial charge in [0.1, 0.15) is 6.04 Å². The Morgan fingerprint density at radius 1 is 1.06 bits per heavy atom. The number of ether oxygens (including phenoxy) is 1. The van der Waals surface area contributed by atoms with Gasteiger partial charge in [0, 0.05) is 14.5 Å². The zero-order chi connectivity index (χ0) is 22.1. The van der Waals surface area contributed by atoms with Crippen LogP contribution in [0.4, 0.5) is 4.79 Å². The molecule has 3 aromatic rings. The molecule has 1 atom stereocenters. The number of rotatable bonds is 5. The van der Waals surface area contributed by atoms with E-state index in [9.17, 15) is 14.7 Å². The first-order valence-electron chi connectivity index (χ1n) is 9.63. The minimum atomic E-state index is -1.12. The molecule has 1 amide bonds. The standard InChI is InChI=1S/C24H19BrINO4/c1-31-24(30)27(21(23(28)29)13-14-12-15(26)10-11-20(14)25)22-18-8-4-2-6-16(18)17-7-3-5-9-19(17)22/h2-12,21-22H,13H2,1H3,(H,28,29)/t21-/m0/s1. The maximum atomic E-state index is 13.0. The lowest BCUT2D eigenvalue weighted by atomic mass is 9.98. The van der Waals surface area contributed by atoms with Crippen LogP contribution in [-0.2, 0) is 16.0 Å². The number of halogens is 2. The second-order valence-electron chi connectivity index (χ2n) is 7.25. The number of amides is 1. The fraction of sp³-hybridized carbons (Fsp3) is 0.167. The van der Waals surface area contributed by atoms with Crippen LogP contribution in [0.3, 0.4) is 0 Å². The Hall–Kier alpha value is -2.39. The van der Waals surface area contributed by atoms with Gasteiger partial charge in [0.25, 0.3) is 0 Å². The van der Waals surface area contributed by atoms with Crippen LogP contribution in [0.15, 0.2) is 71.2 Å². The molecule has 5 nitrogen and oxygen atoms in total. The van der Waals surface area contributed by atoms with E-state index < -0.39 is 24.1 Å². The lowest BCUT2D eigenvalue weighted by Crippen LogP contribution is -2.48. The molecule has 4 rings (SSSR count). The predicted molar refractivity (Wildman–Crippen MR) is 130 cm³/mol. The molecule has 0 aliphatic heterocycles. The number of carboxylic acid groups (broad SMARTS) is 1. The Morgan fingerprint density at radius 2 is 1.65 bits per heavy atom. The summed E-state index contributed by atoms with van der Waals surface area (Å²) < 4.78 is 6.88. The van der Waals surface area contributed by atoms with Crippen molar-refractivity contribution in [1.82, 2.24) is 4.90 Å². The number of carbonyl (C=O) groups excluding carboxylic acids is 1. The maximum Gasteiger partial charge on any atom is 0.411 e. The van der Waals surface area contributed by atoms with Crippen molar-refractivity contribution in [2.75, 3.05) is 7.11 Å². The Morgan fingerprint density at radius 3 is 2.19 bits per heavy atom. The molecule has 0 heterocycles. The van der Waals surface area contributed by atoms with Gasteiger partial charge >= 0.3 is 12.1 Å². The van der Waals surface area contributed by atoms with Crippen LogP contribution < -0.4 is 0 Å². The molecule has 0 unspecified atom stereocenters.